The van der Waals surface area contributed by atoms with E-state index in [9.17, 15) is 14.3 Å². The maximum atomic E-state index is 14.0. The van der Waals surface area contributed by atoms with Crippen molar-refractivity contribution < 1.29 is 14.3 Å². The van der Waals surface area contributed by atoms with Crippen molar-refractivity contribution in [3.63, 3.8) is 0 Å². The van der Waals surface area contributed by atoms with Crippen LogP contribution in [0.25, 0.3) is 0 Å². The van der Waals surface area contributed by atoms with Gasteiger partial charge >= 0.3 is 0 Å². The Morgan fingerprint density at radius 1 is 1.39 bits per heavy atom. The Hall–Kier alpha value is -3.25. The third-order valence-electron chi connectivity index (χ3n) is 5.49. The average molecular weight is 424 g/mol. The number of amides is 1. The largest absolute Gasteiger partial charge is 0.387 e. The Morgan fingerprint density at radius 3 is 2.84 bits per heavy atom. The highest BCUT2D eigenvalue weighted by Gasteiger charge is 2.29. The van der Waals surface area contributed by atoms with Gasteiger partial charge in [0.25, 0.3) is 5.91 Å². The molecule has 0 unspecified atom stereocenters. The van der Waals surface area contributed by atoms with Crippen molar-refractivity contribution >= 4 is 23.2 Å². The third-order valence-corrected chi connectivity index (χ3v) is 5.49. The SMILES string of the molecule is CC(C)(O)[C@H](F)CNC(=O)c1cnc(N2CCc3cc(C#N)cnc32)cc1NC1CC1. The summed E-state index contributed by atoms with van der Waals surface area (Å²) in [6, 6.07) is 6.05. The number of pyridine rings is 2. The number of anilines is 3. The zero-order valence-electron chi connectivity index (χ0n) is 17.5. The number of fused-ring (bicyclic) bond motifs is 1. The second kappa shape index (κ2) is 8.12. The first-order chi connectivity index (χ1) is 14.8. The predicted molar refractivity (Wildman–Crippen MR) is 114 cm³/mol. The average Bonchev–Trinajstić information content (AvgIpc) is 3.46. The van der Waals surface area contributed by atoms with Crippen LogP contribution >= 0.6 is 0 Å². The van der Waals surface area contributed by atoms with E-state index in [4.69, 9.17) is 5.26 Å². The lowest BCUT2D eigenvalue weighted by atomic mass is 10.0. The molecule has 0 bridgehead atoms. The molecule has 162 valence electrons. The Morgan fingerprint density at radius 2 is 2.16 bits per heavy atom. The van der Waals surface area contributed by atoms with Crippen LogP contribution in [-0.2, 0) is 6.42 Å². The highest BCUT2D eigenvalue weighted by atomic mass is 19.1. The number of alkyl halides is 1. The number of nitriles is 1. The lowest BCUT2D eigenvalue weighted by Crippen LogP contribution is -2.42. The number of halogens is 1. The summed E-state index contributed by atoms with van der Waals surface area (Å²) in [6.07, 6.45) is 4.23. The molecule has 4 rings (SSSR count). The summed E-state index contributed by atoms with van der Waals surface area (Å²) < 4.78 is 14.0. The van der Waals surface area contributed by atoms with E-state index in [2.05, 4.69) is 26.7 Å². The first kappa shape index (κ1) is 21.0. The van der Waals surface area contributed by atoms with Gasteiger partial charge in [0.15, 0.2) is 0 Å². The van der Waals surface area contributed by atoms with Gasteiger partial charge in [0, 0.05) is 31.0 Å². The van der Waals surface area contributed by atoms with E-state index in [1.807, 2.05) is 17.0 Å². The van der Waals surface area contributed by atoms with Gasteiger partial charge in [-0.15, -0.1) is 0 Å². The highest BCUT2D eigenvalue weighted by Crippen LogP contribution is 2.35. The summed E-state index contributed by atoms with van der Waals surface area (Å²) in [5.41, 5.74) is 0.928. The standard InChI is InChI=1S/C22H25FN6O2/c1-22(2,31)18(23)12-27-21(30)16-11-25-19(8-17(16)28-15-3-4-15)29-6-5-14-7-13(9-24)10-26-20(14)29/h7-8,10-11,15,18,31H,3-6,12H2,1-2H3,(H,25,28)(H,27,30)/t18-/m1/s1. The Kier molecular flexibility index (Phi) is 5.50. The van der Waals surface area contributed by atoms with Gasteiger partial charge in [0.1, 0.15) is 23.9 Å². The lowest BCUT2D eigenvalue weighted by Gasteiger charge is -2.23. The number of aromatic nitrogens is 2. The summed E-state index contributed by atoms with van der Waals surface area (Å²) in [5, 5.41) is 24.7. The van der Waals surface area contributed by atoms with Gasteiger partial charge in [0.05, 0.1) is 29.0 Å². The molecule has 8 nitrogen and oxygen atoms in total. The van der Waals surface area contributed by atoms with Crippen LogP contribution < -0.4 is 15.5 Å². The number of rotatable bonds is 7. The third kappa shape index (κ3) is 4.59. The molecule has 31 heavy (non-hydrogen) atoms. The van der Waals surface area contributed by atoms with E-state index in [0.717, 1.165) is 30.6 Å². The molecule has 0 radical (unpaired) electrons. The number of aliphatic hydroxyl groups is 1. The van der Waals surface area contributed by atoms with Crippen LogP contribution in [0.4, 0.5) is 21.7 Å². The molecule has 1 amide bonds. The fraction of sp³-hybridized carbons (Fsp3) is 0.455. The van der Waals surface area contributed by atoms with Gasteiger partial charge in [-0.1, -0.05) is 0 Å². The lowest BCUT2D eigenvalue weighted by molar-refractivity contribution is -0.00177. The van der Waals surface area contributed by atoms with Crippen molar-refractivity contribution in [3.8, 4) is 6.07 Å². The summed E-state index contributed by atoms with van der Waals surface area (Å²) in [5.74, 6) is 0.953. The van der Waals surface area contributed by atoms with E-state index < -0.39 is 17.7 Å². The molecular formula is C22H25FN6O2. The van der Waals surface area contributed by atoms with Crippen LogP contribution in [0.2, 0.25) is 0 Å². The van der Waals surface area contributed by atoms with Crippen LogP contribution in [-0.4, -0.2) is 51.9 Å². The second-order valence-corrected chi connectivity index (χ2v) is 8.56. The maximum absolute atomic E-state index is 14.0. The summed E-state index contributed by atoms with van der Waals surface area (Å²) >= 11 is 0. The van der Waals surface area contributed by atoms with Crippen molar-refractivity contribution in [1.82, 2.24) is 15.3 Å². The quantitative estimate of drug-likeness (QED) is 0.625. The zero-order valence-corrected chi connectivity index (χ0v) is 17.5. The fourth-order valence-corrected chi connectivity index (χ4v) is 3.42. The van der Waals surface area contributed by atoms with Crippen molar-refractivity contribution in [2.45, 2.75) is 50.9 Å². The van der Waals surface area contributed by atoms with E-state index in [1.165, 1.54) is 20.0 Å². The number of carbonyl (C=O) groups excluding carboxylic acids is 1. The molecule has 9 heteroatoms. The molecule has 0 saturated heterocycles. The smallest absolute Gasteiger partial charge is 0.255 e. The van der Waals surface area contributed by atoms with Gasteiger partial charge in [-0.25, -0.2) is 14.4 Å². The molecule has 0 spiro atoms. The fourth-order valence-electron chi connectivity index (χ4n) is 3.42. The van der Waals surface area contributed by atoms with Crippen LogP contribution in [0, 0.1) is 11.3 Å². The van der Waals surface area contributed by atoms with Gasteiger partial charge in [-0.3, -0.25) is 4.79 Å². The number of hydrogen-bond acceptors (Lipinski definition) is 7. The topological polar surface area (TPSA) is 114 Å². The summed E-state index contributed by atoms with van der Waals surface area (Å²) in [7, 11) is 0. The number of nitrogens with one attached hydrogen (secondary N) is 2. The second-order valence-electron chi connectivity index (χ2n) is 8.56. The van der Waals surface area contributed by atoms with Gasteiger partial charge in [0.2, 0.25) is 0 Å². The Bertz CT molecular complexity index is 1040. The van der Waals surface area contributed by atoms with Crippen LogP contribution in [0.5, 0.6) is 0 Å². The molecule has 3 N–H and O–H groups in total. The number of hydrogen-bond donors (Lipinski definition) is 3. The molecule has 1 fully saturated rings. The van der Waals surface area contributed by atoms with Gasteiger partial charge < -0.3 is 20.6 Å². The molecule has 2 aliphatic rings. The van der Waals surface area contributed by atoms with Crippen LogP contribution in [0.15, 0.2) is 24.5 Å². The number of nitrogens with zero attached hydrogens (tertiary/aromatic N) is 4. The van der Waals surface area contributed by atoms with E-state index >= 15 is 0 Å². The van der Waals surface area contributed by atoms with Gasteiger partial charge in [-0.2, -0.15) is 5.26 Å². The molecule has 1 aliphatic carbocycles. The highest BCUT2D eigenvalue weighted by molar-refractivity contribution is 6.00. The van der Waals surface area contributed by atoms with Gasteiger partial charge in [-0.05, 0) is 44.7 Å². The summed E-state index contributed by atoms with van der Waals surface area (Å²) in [6.45, 7) is 3.11. The van der Waals surface area contributed by atoms with Crippen molar-refractivity contribution in [2.75, 3.05) is 23.3 Å². The Labute approximate surface area is 180 Å². The first-order valence-corrected chi connectivity index (χ1v) is 10.3. The minimum atomic E-state index is -1.59. The monoisotopic (exact) mass is 424 g/mol. The van der Waals surface area contributed by atoms with E-state index in [0.29, 0.717) is 35.2 Å². The van der Waals surface area contributed by atoms with Crippen molar-refractivity contribution in [2.24, 2.45) is 0 Å². The van der Waals surface area contributed by atoms with Crippen molar-refractivity contribution in [1.29, 1.82) is 5.26 Å². The maximum Gasteiger partial charge on any atom is 0.255 e. The molecule has 1 atom stereocenters. The molecule has 2 aromatic rings. The first-order valence-electron chi connectivity index (χ1n) is 10.3. The molecule has 2 aromatic heterocycles. The van der Waals surface area contributed by atoms with Crippen molar-refractivity contribution in [3.05, 3.63) is 41.2 Å². The zero-order chi connectivity index (χ0) is 22.2. The minimum absolute atomic E-state index is 0.294. The predicted octanol–water partition coefficient (Wildman–Crippen LogP) is 2.46. The molecular weight excluding hydrogens is 399 g/mol. The number of carbonyl (C=O) groups is 1. The Balaban J connectivity index is 1.57. The molecule has 3 heterocycles. The molecule has 1 saturated carbocycles. The molecule has 1 aliphatic heterocycles. The molecule has 0 aromatic carbocycles. The van der Waals surface area contributed by atoms with E-state index in [1.54, 1.807) is 6.20 Å². The normalized spacial score (nSPS) is 16.4. The van der Waals surface area contributed by atoms with E-state index in [-0.39, 0.29) is 6.54 Å². The minimum Gasteiger partial charge on any atom is -0.387 e. The summed E-state index contributed by atoms with van der Waals surface area (Å²) in [4.78, 5) is 23.5. The van der Waals surface area contributed by atoms with Crippen LogP contribution in [0.3, 0.4) is 0 Å². The van der Waals surface area contributed by atoms with Crippen LogP contribution in [0.1, 0.15) is 48.2 Å².